The van der Waals surface area contributed by atoms with Crippen LogP contribution in [0.15, 0.2) is 22.7 Å². The van der Waals surface area contributed by atoms with Gasteiger partial charge in [0.25, 0.3) is 0 Å². The SMILES string of the molecule is Cc1cc(Br)ccc1OC(=O)C=[N+]=[N-]. The Balaban J connectivity index is 2.87. The quantitative estimate of drug-likeness (QED) is 0.266. The van der Waals surface area contributed by atoms with Gasteiger partial charge in [-0.3, -0.25) is 0 Å². The Hall–Kier alpha value is -1.45. The minimum Gasteiger partial charge on any atom is -0.418 e. The van der Waals surface area contributed by atoms with E-state index in [-0.39, 0.29) is 0 Å². The van der Waals surface area contributed by atoms with Crippen molar-refractivity contribution in [2.45, 2.75) is 6.92 Å². The Morgan fingerprint density at radius 2 is 2.36 bits per heavy atom. The fourth-order valence-corrected chi connectivity index (χ4v) is 1.38. The number of hydrogen-bond donors (Lipinski definition) is 0. The van der Waals surface area contributed by atoms with Gasteiger partial charge in [0.05, 0.1) is 0 Å². The molecule has 1 aromatic carbocycles. The van der Waals surface area contributed by atoms with E-state index in [9.17, 15) is 4.79 Å². The maximum Gasteiger partial charge on any atom is 0.419 e. The van der Waals surface area contributed by atoms with E-state index in [1.807, 2.05) is 13.0 Å². The summed E-state index contributed by atoms with van der Waals surface area (Å²) in [5.41, 5.74) is 8.91. The Morgan fingerprint density at radius 1 is 1.64 bits per heavy atom. The van der Waals surface area contributed by atoms with Crippen molar-refractivity contribution in [3.05, 3.63) is 33.8 Å². The molecule has 0 aromatic heterocycles. The van der Waals surface area contributed by atoms with Crippen LogP contribution < -0.4 is 4.74 Å². The summed E-state index contributed by atoms with van der Waals surface area (Å²) < 4.78 is 5.78. The fraction of sp³-hybridized carbons (Fsp3) is 0.111. The first kappa shape index (κ1) is 10.6. The molecule has 0 aliphatic rings. The van der Waals surface area contributed by atoms with Crippen LogP contribution in [0.1, 0.15) is 5.56 Å². The van der Waals surface area contributed by atoms with Gasteiger partial charge in [-0.25, -0.2) is 4.79 Å². The molecule has 0 aliphatic carbocycles. The van der Waals surface area contributed by atoms with E-state index in [2.05, 4.69) is 20.7 Å². The molecule has 0 radical (unpaired) electrons. The fourth-order valence-electron chi connectivity index (χ4n) is 0.909. The molecule has 0 atom stereocenters. The van der Waals surface area contributed by atoms with Crippen LogP contribution in [0, 0.1) is 6.92 Å². The lowest BCUT2D eigenvalue weighted by atomic mass is 10.2. The van der Waals surface area contributed by atoms with E-state index in [0.717, 1.165) is 10.0 Å². The lowest BCUT2D eigenvalue weighted by molar-refractivity contribution is -0.130. The molecule has 0 spiro atoms. The van der Waals surface area contributed by atoms with Gasteiger partial charge in [-0.05, 0) is 30.7 Å². The topological polar surface area (TPSA) is 62.7 Å². The summed E-state index contributed by atoms with van der Waals surface area (Å²) in [6.07, 6.45) is 0.696. The van der Waals surface area contributed by atoms with Crippen molar-refractivity contribution in [3.8, 4) is 5.75 Å². The van der Waals surface area contributed by atoms with Gasteiger partial charge >= 0.3 is 12.2 Å². The number of hydrogen-bond acceptors (Lipinski definition) is 2. The highest BCUT2D eigenvalue weighted by Crippen LogP contribution is 2.21. The zero-order valence-electron chi connectivity index (χ0n) is 7.40. The van der Waals surface area contributed by atoms with Crippen LogP contribution in [0.5, 0.6) is 5.75 Å². The van der Waals surface area contributed by atoms with Crippen LogP contribution in [0.25, 0.3) is 5.53 Å². The van der Waals surface area contributed by atoms with Gasteiger partial charge in [-0.1, -0.05) is 15.9 Å². The van der Waals surface area contributed by atoms with Crippen LogP contribution >= 0.6 is 15.9 Å². The molecule has 0 fully saturated rings. The third-order valence-electron chi connectivity index (χ3n) is 1.51. The predicted octanol–water partition coefficient (Wildman–Crippen LogP) is 1.96. The number of benzene rings is 1. The van der Waals surface area contributed by atoms with E-state index in [1.165, 1.54) is 0 Å². The van der Waals surface area contributed by atoms with Crippen molar-refractivity contribution >= 4 is 28.1 Å². The maximum atomic E-state index is 10.9. The molecule has 0 aliphatic heterocycles. The summed E-state index contributed by atoms with van der Waals surface area (Å²) in [5.74, 6) is -0.268. The smallest absolute Gasteiger partial charge is 0.418 e. The van der Waals surface area contributed by atoms with Crippen LogP contribution in [-0.4, -0.2) is 17.0 Å². The van der Waals surface area contributed by atoms with Gasteiger partial charge in [0, 0.05) is 4.47 Å². The average Bonchev–Trinajstić information content (AvgIpc) is 2.10. The number of aryl methyl sites for hydroxylation is 1. The van der Waals surface area contributed by atoms with Crippen molar-refractivity contribution in [3.63, 3.8) is 0 Å². The van der Waals surface area contributed by atoms with Crippen LogP contribution in [0.4, 0.5) is 0 Å². The van der Waals surface area contributed by atoms with Crippen molar-refractivity contribution in [1.29, 1.82) is 0 Å². The maximum absolute atomic E-state index is 10.9. The lowest BCUT2D eigenvalue weighted by Crippen LogP contribution is -2.10. The van der Waals surface area contributed by atoms with E-state index >= 15 is 0 Å². The normalized spacial score (nSPS) is 9.00. The van der Waals surface area contributed by atoms with Crippen molar-refractivity contribution in [1.82, 2.24) is 0 Å². The van der Waals surface area contributed by atoms with Crippen molar-refractivity contribution < 1.29 is 14.3 Å². The van der Waals surface area contributed by atoms with Gasteiger partial charge in [0.2, 0.25) is 0 Å². The second kappa shape index (κ2) is 4.69. The third kappa shape index (κ3) is 2.80. The van der Waals surface area contributed by atoms with Gasteiger partial charge in [-0.2, -0.15) is 4.79 Å². The number of carbonyl (C=O) groups is 1. The minimum absolute atomic E-state index is 0.443. The second-order valence-corrected chi connectivity index (χ2v) is 3.49. The summed E-state index contributed by atoms with van der Waals surface area (Å²) in [7, 11) is 0. The Bertz CT molecular complexity index is 411. The number of halogens is 1. The molecule has 1 aromatic rings. The van der Waals surface area contributed by atoms with E-state index < -0.39 is 5.97 Å². The Morgan fingerprint density at radius 3 is 2.93 bits per heavy atom. The second-order valence-electron chi connectivity index (χ2n) is 2.58. The molecule has 72 valence electrons. The summed E-state index contributed by atoms with van der Waals surface area (Å²) >= 11 is 3.29. The van der Waals surface area contributed by atoms with E-state index in [0.29, 0.717) is 12.0 Å². The molecule has 5 heteroatoms. The summed E-state index contributed by atoms with van der Waals surface area (Å²) in [5, 5.41) is 0. The van der Waals surface area contributed by atoms with Crippen LogP contribution in [0.2, 0.25) is 0 Å². The highest BCUT2D eigenvalue weighted by Gasteiger charge is 2.07. The van der Waals surface area contributed by atoms with Gasteiger partial charge < -0.3 is 10.3 Å². The number of rotatable bonds is 2. The predicted molar refractivity (Wildman–Crippen MR) is 54.2 cm³/mol. The Kier molecular flexibility index (Phi) is 3.56. The first-order valence-electron chi connectivity index (χ1n) is 3.79. The first-order chi connectivity index (χ1) is 6.63. The van der Waals surface area contributed by atoms with Crippen molar-refractivity contribution in [2.75, 3.05) is 0 Å². The van der Waals surface area contributed by atoms with E-state index in [4.69, 9.17) is 10.3 Å². The standard InChI is InChI=1S/C9H7BrN2O2/c1-6-4-7(10)2-3-8(6)14-9(13)5-12-11/h2-5H,1H3. The first-order valence-corrected chi connectivity index (χ1v) is 4.58. The summed E-state index contributed by atoms with van der Waals surface area (Å²) in [6, 6.07) is 5.23. The largest absolute Gasteiger partial charge is 0.419 e. The molecule has 0 bridgehead atoms. The molecule has 0 unspecified atom stereocenters. The summed E-state index contributed by atoms with van der Waals surface area (Å²) in [4.78, 5) is 13.5. The zero-order valence-corrected chi connectivity index (χ0v) is 8.98. The third-order valence-corrected chi connectivity index (χ3v) is 2.00. The molecular weight excluding hydrogens is 248 g/mol. The molecule has 14 heavy (non-hydrogen) atoms. The summed E-state index contributed by atoms with van der Waals surface area (Å²) in [6.45, 7) is 1.81. The number of nitrogens with zero attached hydrogens (tertiary/aromatic N) is 2. The molecule has 0 heterocycles. The molecule has 0 N–H and O–H groups in total. The number of carbonyl (C=O) groups excluding carboxylic acids is 1. The monoisotopic (exact) mass is 254 g/mol. The molecule has 0 amide bonds. The molecular formula is C9H7BrN2O2. The van der Waals surface area contributed by atoms with Gasteiger partial charge in [0.15, 0.2) is 0 Å². The zero-order chi connectivity index (χ0) is 10.6. The van der Waals surface area contributed by atoms with Gasteiger partial charge in [-0.15, -0.1) is 0 Å². The molecule has 0 saturated heterocycles. The number of esters is 1. The lowest BCUT2D eigenvalue weighted by Gasteiger charge is -2.03. The average molecular weight is 255 g/mol. The minimum atomic E-state index is -0.710. The van der Waals surface area contributed by atoms with E-state index in [1.54, 1.807) is 12.1 Å². The number of ether oxygens (including phenoxy) is 1. The highest BCUT2D eigenvalue weighted by atomic mass is 79.9. The van der Waals surface area contributed by atoms with Gasteiger partial charge in [0.1, 0.15) is 5.75 Å². The van der Waals surface area contributed by atoms with Crippen LogP contribution in [0.3, 0.4) is 0 Å². The molecule has 1 rings (SSSR count). The van der Waals surface area contributed by atoms with Crippen LogP contribution in [-0.2, 0) is 4.79 Å². The van der Waals surface area contributed by atoms with Crippen molar-refractivity contribution in [2.24, 2.45) is 0 Å². The molecule has 0 saturated carbocycles. The Labute approximate surface area is 89.3 Å². The molecule has 4 nitrogen and oxygen atoms in total. The highest BCUT2D eigenvalue weighted by molar-refractivity contribution is 9.10.